The van der Waals surface area contributed by atoms with E-state index in [-0.39, 0.29) is 5.91 Å². The van der Waals surface area contributed by atoms with Gasteiger partial charge in [0.1, 0.15) is 0 Å². The summed E-state index contributed by atoms with van der Waals surface area (Å²) in [6.45, 7) is 3.97. The second-order valence-electron chi connectivity index (χ2n) is 4.34. The highest BCUT2D eigenvalue weighted by atomic mass is 16.2. The third-order valence-corrected chi connectivity index (χ3v) is 2.49. The molecule has 0 spiro atoms. The van der Waals surface area contributed by atoms with Crippen molar-refractivity contribution >= 4 is 5.91 Å². The Bertz CT molecular complexity index is 386. The molecule has 16 heavy (non-hydrogen) atoms. The zero-order chi connectivity index (χ0) is 12.1. The number of carbonyl (C=O) groups excluding carboxylic acids is 1. The number of amides is 1. The molecule has 1 aromatic carbocycles. The Morgan fingerprint density at radius 2 is 1.69 bits per heavy atom. The second-order valence-corrected chi connectivity index (χ2v) is 4.34. The highest BCUT2D eigenvalue weighted by Gasteiger charge is 2.13. The molecule has 0 saturated carbocycles. The van der Waals surface area contributed by atoms with Crippen LogP contribution in [0.3, 0.4) is 0 Å². The van der Waals surface area contributed by atoms with E-state index in [1.54, 1.807) is 19.0 Å². The summed E-state index contributed by atoms with van der Waals surface area (Å²) < 4.78 is 0. The predicted molar refractivity (Wildman–Crippen MR) is 67.2 cm³/mol. The summed E-state index contributed by atoms with van der Waals surface area (Å²) in [7, 11) is 3.58. The van der Waals surface area contributed by atoms with Crippen LogP contribution in [0.25, 0.3) is 0 Å². The van der Waals surface area contributed by atoms with Crippen LogP contribution in [0, 0.1) is 0 Å². The van der Waals surface area contributed by atoms with E-state index >= 15 is 0 Å². The summed E-state index contributed by atoms with van der Waals surface area (Å²) in [4.78, 5) is 13.6. The van der Waals surface area contributed by atoms with Crippen LogP contribution in [0.15, 0.2) is 41.5 Å². The number of nitrogens with zero attached hydrogens (tertiary/aromatic N) is 1. The molecule has 1 rings (SSSR count). The maximum atomic E-state index is 12.0. The maximum absolute atomic E-state index is 12.0. The van der Waals surface area contributed by atoms with Gasteiger partial charge in [-0.25, -0.2) is 0 Å². The van der Waals surface area contributed by atoms with Gasteiger partial charge in [-0.1, -0.05) is 35.9 Å². The summed E-state index contributed by atoms with van der Waals surface area (Å²) in [5.74, 6) is 0.101. The fourth-order valence-corrected chi connectivity index (χ4v) is 1.54. The molecule has 2 nitrogen and oxygen atoms in total. The van der Waals surface area contributed by atoms with Crippen LogP contribution >= 0.6 is 0 Å². The first-order valence-electron chi connectivity index (χ1n) is 5.44. The van der Waals surface area contributed by atoms with Crippen molar-refractivity contribution < 1.29 is 4.79 Å². The number of rotatable bonds is 3. The largest absolute Gasteiger partial charge is 0.345 e. The van der Waals surface area contributed by atoms with Crippen molar-refractivity contribution in [3.8, 4) is 0 Å². The molecule has 0 unspecified atom stereocenters. The van der Waals surface area contributed by atoms with E-state index in [1.165, 1.54) is 5.56 Å². The average Bonchev–Trinajstić information content (AvgIpc) is 2.26. The fourth-order valence-electron chi connectivity index (χ4n) is 1.54. The molecule has 0 aliphatic carbocycles. The van der Waals surface area contributed by atoms with Crippen molar-refractivity contribution in [3.05, 3.63) is 47.0 Å². The molecule has 0 saturated heterocycles. The molecule has 0 fully saturated rings. The van der Waals surface area contributed by atoms with E-state index < -0.39 is 0 Å². The Balaban J connectivity index is 2.91. The Morgan fingerprint density at radius 3 is 2.12 bits per heavy atom. The van der Waals surface area contributed by atoms with Crippen molar-refractivity contribution in [2.75, 3.05) is 14.1 Å². The van der Waals surface area contributed by atoms with Gasteiger partial charge >= 0.3 is 0 Å². The lowest BCUT2D eigenvalue weighted by Crippen LogP contribution is -2.25. The summed E-state index contributed by atoms with van der Waals surface area (Å²) >= 11 is 0. The Labute approximate surface area is 97.6 Å². The summed E-state index contributed by atoms with van der Waals surface area (Å²) in [5, 5.41) is 0. The van der Waals surface area contributed by atoms with Gasteiger partial charge in [-0.3, -0.25) is 4.79 Å². The first-order valence-corrected chi connectivity index (χ1v) is 5.44. The van der Waals surface area contributed by atoms with E-state index in [9.17, 15) is 4.79 Å². The van der Waals surface area contributed by atoms with Gasteiger partial charge in [-0.2, -0.15) is 0 Å². The molecule has 0 aliphatic rings. The van der Waals surface area contributed by atoms with Crippen LogP contribution in [0.5, 0.6) is 0 Å². The molecule has 0 aliphatic heterocycles. The monoisotopic (exact) mass is 217 g/mol. The van der Waals surface area contributed by atoms with Gasteiger partial charge in [0.25, 0.3) is 0 Å². The number of carbonyl (C=O) groups is 1. The second kappa shape index (κ2) is 5.50. The number of benzene rings is 1. The molecule has 0 atom stereocenters. The highest BCUT2D eigenvalue weighted by molar-refractivity contribution is 5.94. The molecular formula is C14H19NO. The van der Waals surface area contributed by atoms with Gasteiger partial charge in [0.15, 0.2) is 0 Å². The number of likely N-dealkylation sites (N-methyl/N-ethyl adjacent to an activating group) is 1. The average molecular weight is 217 g/mol. The third-order valence-electron chi connectivity index (χ3n) is 2.49. The first kappa shape index (κ1) is 12.5. The number of hydrogen-bond donors (Lipinski definition) is 0. The van der Waals surface area contributed by atoms with Gasteiger partial charge in [0, 0.05) is 26.1 Å². The molecule has 2 heteroatoms. The van der Waals surface area contributed by atoms with Crippen LogP contribution < -0.4 is 0 Å². The van der Waals surface area contributed by atoms with Crippen LogP contribution in [0.2, 0.25) is 0 Å². The van der Waals surface area contributed by atoms with Crippen LogP contribution in [0.4, 0.5) is 0 Å². The highest BCUT2D eigenvalue weighted by Crippen LogP contribution is 2.13. The van der Waals surface area contributed by atoms with Gasteiger partial charge in [-0.05, 0) is 19.4 Å². The van der Waals surface area contributed by atoms with Crippen molar-refractivity contribution in [3.63, 3.8) is 0 Å². The van der Waals surface area contributed by atoms with Gasteiger partial charge in [-0.15, -0.1) is 0 Å². The minimum atomic E-state index is 0.101. The van der Waals surface area contributed by atoms with E-state index in [2.05, 4.69) is 0 Å². The van der Waals surface area contributed by atoms with Crippen molar-refractivity contribution in [1.82, 2.24) is 4.90 Å². The van der Waals surface area contributed by atoms with Crippen molar-refractivity contribution in [1.29, 1.82) is 0 Å². The molecule has 1 aromatic rings. The Kier molecular flexibility index (Phi) is 4.29. The standard InChI is InChI=1S/C14H19NO/c1-11(2)13(14(16)15(3)4)10-12-8-6-5-7-9-12/h5-9H,10H2,1-4H3. The van der Waals surface area contributed by atoms with Gasteiger partial charge < -0.3 is 4.90 Å². The smallest absolute Gasteiger partial charge is 0.249 e. The van der Waals surface area contributed by atoms with Gasteiger partial charge in [0.2, 0.25) is 5.91 Å². The summed E-state index contributed by atoms with van der Waals surface area (Å²) in [6.07, 6.45) is 0.709. The summed E-state index contributed by atoms with van der Waals surface area (Å²) in [6, 6.07) is 10.1. The van der Waals surface area contributed by atoms with E-state index in [0.717, 1.165) is 11.1 Å². The zero-order valence-corrected chi connectivity index (χ0v) is 10.4. The normalized spacial score (nSPS) is 9.75. The Morgan fingerprint density at radius 1 is 1.12 bits per heavy atom. The lowest BCUT2D eigenvalue weighted by Gasteiger charge is -2.15. The fraction of sp³-hybridized carbons (Fsp3) is 0.357. The third kappa shape index (κ3) is 3.23. The number of allylic oxidation sites excluding steroid dienone is 1. The molecule has 0 bridgehead atoms. The SMILES string of the molecule is CC(C)=C(Cc1ccccc1)C(=O)N(C)C. The lowest BCUT2D eigenvalue weighted by atomic mass is 10.0. The van der Waals surface area contributed by atoms with E-state index in [0.29, 0.717) is 6.42 Å². The van der Waals surface area contributed by atoms with E-state index in [1.807, 2.05) is 44.2 Å². The molecule has 0 aromatic heterocycles. The first-order chi connectivity index (χ1) is 7.52. The minimum Gasteiger partial charge on any atom is -0.345 e. The number of hydrogen-bond acceptors (Lipinski definition) is 1. The predicted octanol–water partition coefficient (Wildman–Crippen LogP) is 2.65. The minimum absolute atomic E-state index is 0.101. The lowest BCUT2D eigenvalue weighted by molar-refractivity contribution is -0.124. The molecular weight excluding hydrogens is 198 g/mol. The van der Waals surface area contributed by atoms with Crippen LogP contribution in [-0.4, -0.2) is 24.9 Å². The molecule has 1 amide bonds. The van der Waals surface area contributed by atoms with Gasteiger partial charge in [0.05, 0.1) is 0 Å². The van der Waals surface area contributed by atoms with Crippen LogP contribution in [-0.2, 0) is 11.2 Å². The maximum Gasteiger partial charge on any atom is 0.249 e. The van der Waals surface area contributed by atoms with Crippen molar-refractivity contribution in [2.45, 2.75) is 20.3 Å². The topological polar surface area (TPSA) is 20.3 Å². The zero-order valence-electron chi connectivity index (χ0n) is 10.4. The molecule has 0 N–H and O–H groups in total. The molecule has 0 heterocycles. The molecule has 0 radical (unpaired) electrons. The van der Waals surface area contributed by atoms with Crippen LogP contribution in [0.1, 0.15) is 19.4 Å². The summed E-state index contributed by atoms with van der Waals surface area (Å²) in [5.41, 5.74) is 3.15. The quantitative estimate of drug-likeness (QED) is 0.713. The molecule has 86 valence electrons. The van der Waals surface area contributed by atoms with Crippen molar-refractivity contribution in [2.24, 2.45) is 0 Å². The van der Waals surface area contributed by atoms with E-state index in [4.69, 9.17) is 0 Å². The Hall–Kier alpha value is -1.57.